The Bertz CT molecular complexity index is 3970. The standard InChI is InChI=1S/C19H15S.C18H13S2.C17H18F6O5S.C15H16F6O6S/c1-2-10-17(11-3-1)20-18-12-6-4-8-15(18)14-16-9-5-7-13-19(16)20;1-2-8-14(9-3-1)20-17-12-6-4-10-15(17)19-16-11-5-7-13-18(16)20;18-16(19,20)15(17(21,22)23,6-29(25,26)27)28-14(24)11-5-9-4-10(11)13-8-2-1-7(3-8)12(9)13;16-14(17,18)13(15(19,20)21,6-28(24,25)26)27-11(23)12-3-7-1-8(4-12)10(22)9(2-7)5-12/h1-13H,14H2;1-13H;1-2,7-13H,3-6H2,(H,25,26,27);7-9H,1-6H2,(H,24,25,26)/q2*+1;;/p-2. The first-order valence-corrected chi connectivity index (χ1v) is 37.4. The van der Waals surface area contributed by atoms with Crippen LogP contribution >= 0.6 is 11.8 Å². The van der Waals surface area contributed by atoms with Gasteiger partial charge < -0.3 is 18.6 Å². The van der Waals surface area contributed by atoms with Crippen LogP contribution in [0.2, 0.25) is 0 Å². The van der Waals surface area contributed by atoms with Crippen molar-refractivity contribution in [2.24, 2.45) is 64.6 Å². The highest BCUT2D eigenvalue weighted by Gasteiger charge is 2.78. The van der Waals surface area contributed by atoms with Crippen LogP contribution in [0.5, 0.6) is 0 Å². The summed E-state index contributed by atoms with van der Waals surface area (Å²) in [5.41, 5.74) is -9.63. The van der Waals surface area contributed by atoms with E-state index in [2.05, 4.69) is 173 Å². The average molecular weight is 1450 g/mol. The van der Waals surface area contributed by atoms with E-state index in [1.54, 1.807) is 0 Å². The third-order valence-corrected chi connectivity index (χ3v) is 27.9. The molecule has 9 unspecified atom stereocenters. The molecule has 0 spiro atoms. The average Bonchev–Trinajstić information content (AvgIpc) is 1.57. The second-order valence-corrected chi connectivity index (χ2v) is 33.9. The van der Waals surface area contributed by atoms with Crippen LogP contribution in [0.25, 0.3) is 0 Å². The molecule has 8 aliphatic carbocycles. The van der Waals surface area contributed by atoms with Gasteiger partial charge in [-0.2, -0.15) is 52.7 Å². The Labute approximate surface area is 560 Å². The lowest BCUT2D eigenvalue weighted by molar-refractivity contribution is -0.364. The number of carbonyl (C=O) groups is 3. The van der Waals surface area contributed by atoms with Gasteiger partial charge in [0.2, 0.25) is 0 Å². The Morgan fingerprint density at radius 2 is 0.897 bits per heavy atom. The van der Waals surface area contributed by atoms with Crippen LogP contribution in [0.15, 0.2) is 209 Å². The molecule has 6 aromatic carbocycles. The molecule has 6 aromatic rings. The molecule has 2 aliphatic heterocycles. The minimum atomic E-state index is -6.39. The van der Waals surface area contributed by atoms with Gasteiger partial charge in [-0.3, -0.25) is 14.4 Å². The summed E-state index contributed by atoms with van der Waals surface area (Å²) in [5.74, 6) is -12.0. The number of ether oxygens (including phenoxy) is 2. The fourth-order valence-electron chi connectivity index (χ4n) is 16.5. The van der Waals surface area contributed by atoms with Crippen molar-refractivity contribution in [1.82, 2.24) is 0 Å². The van der Waals surface area contributed by atoms with Gasteiger partial charge in [0.1, 0.15) is 16.7 Å². The van der Waals surface area contributed by atoms with Crippen LogP contribution in [0, 0.1) is 64.6 Å². The number of ketones is 1. The zero-order valence-corrected chi connectivity index (χ0v) is 54.9. The molecule has 2 heterocycles. The predicted octanol–water partition coefficient (Wildman–Crippen LogP) is 15.3. The number of carbonyl (C=O) groups excluding carboxylic acids is 3. The normalized spacial score (nSPS) is 26.7. The molecule has 7 saturated carbocycles. The Balaban J connectivity index is 0.000000125. The van der Waals surface area contributed by atoms with Crippen molar-refractivity contribution in [1.29, 1.82) is 0 Å². The molecular formula is C69H60F12O11S5. The van der Waals surface area contributed by atoms with Crippen LogP contribution in [0.3, 0.4) is 0 Å². The van der Waals surface area contributed by atoms with Crippen molar-refractivity contribution < 1.29 is 102 Å². The molecule has 0 saturated heterocycles. The van der Waals surface area contributed by atoms with Gasteiger partial charge in [-0.1, -0.05) is 121 Å². The number of hydrogen-bond acceptors (Lipinski definition) is 12. The van der Waals surface area contributed by atoms with Gasteiger partial charge in [0, 0.05) is 29.4 Å². The number of Topliss-reactive ketones (excluding diaryl/α,β-unsaturated/α-hetero) is 1. The maximum Gasteiger partial charge on any atom is 0.438 e. The number of esters is 2. The maximum atomic E-state index is 13.4. The summed E-state index contributed by atoms with van der Waals surface area (Å²) in [4.78, 5) is 48.6. The molecule has 516 valence electrons. The van der Waals surface area contributed by atoms with Crippen molar-refractivity contribution in [3.8, 4) is 0 Å². The second-order valence-electron chi connectivity index (χ2n) is 26.1. The summed E-state index contributed by atoms with van der Waals surface area (Å²) in [6.07, 6.45) is -18.5. The largest absolute Gasteiger partial charge is 0.748 e. The highest BCUT2D eigenvalue weighted by molar-refractivity contribution is 8.04. The highest BCUT2D eigenvalue weighted by atomic mass is 32.2. The van der Waals surface area contributed by atoms with E-state index >= 15 is 0 Å². The van der Waals surface area contributed by atoms with Crippen LogP contribution in [0.4, 0.5) is 52.7 Å². The molecule has 10 aliphatic rings. The van der Waals surface area contributed by atoms with Gasteiger partial charge in [0.15, 0.2) is 29.4 Å². The molecular weight excluding hydrogens is 1390 g/mol. The van der Waals surface area contributed by atoms with Crippen LogP contribution in [-0.4, -0.2) is 91.1 Å². The first-order valence-electron chi connectivity index (χ1n) is 30.9. The third-order valence-electron chi connectivity index (χ3n) is 20.2. The Hall–Kier alpha value is -6.30. The van der Waals surface area contributed by atoms with E-state index < -0.39 is 109 Å². The predicted molar refractivity (Wildman–Crippen MR) is 329 cm³/mol. The zero-order chi connectivity index (χ0) is 69.6. The van der Waals surface area contributed by atoms with Gasteiger partial charge in [-0.25, -0.2) is 16.8 Å². The minimum Gasteiger partial charge on any atom is -0.748 e. The number of benzene rings is 6. The van der Waals surface area contributed by atoms with Crippen molar-refractivity contribution in [3.05, 3.63) is 181 Å². The molecule has 0 amide bonds. The lowest BCUT2D eigenvalue weighted by Gasteiger charge is -2.54. The lowest BCUT2D eigenvalue weighted by atomic mass is 9.49. The number of allylic oxidation sites excluding steroid dienone is 2. The molecule has 11 nitrogen and oxygen atoms in total. The highest BCUT2D eigenvalue weighted by Crippen LogP contribution is 2.68. The van der Waals surface area contributed by atoms with Gasteiger partial charge in [0.25, 0.3) is 0 Å². The van der Waals surface area contributed by atoms with Gasteiger partial charge in [-0.05, 0) is 153 Å². The molecule has 28 heteroatoms. The number of hydrogen-bond donors (Lipinski definition) is 0. The SMILES string of the molecule is O=C(OC(CS(=O)(=O)[O-])(C(F)(F)F)C(F)(F)F)C1CC2CC1C1C3C=CC(C3)C21.O=C1C2CC3CC1CC(C(=O)OC(CS(=O)(=O)[O-])(C(F)(F)F)C(F)(F)F)(C3)C2.c1ccc([S+]2c3ccccc3Cc3ccccc32)cc1.c1ccc([S+]2c3ccccc3Sc3ccccc32)cc1. The summed E-state index contributed by atoms with van der Waals surface area (Å²) in [6.45, 7) is 0. The van der Waals surface area contributed by atoms with Crippen molar-refractivity contribution in [2.75, 3.05) is 11.5 Å². The third kappa shape index (κ3) is 13.5. The van der Waals surface area contributed by atoms with Gasteiger partial charge >= 0.3 is 47.8 Å². The Morgan fingerprint density at radius 1 is 0.495 bits per heavy atom. The number of alkyl halides is 12. The van der Waals surface area contributed by atoms with Crippen molar-refractivity contribution in [2.45, 2.75) is 133 Å². The van der Waals surface area contributed by atoms with E-state index in [1.807, 2.05) is 17.8 Å². The van der Waals surface area contributed by atoms with Gasteiger partial charge in [-0.15, -0.1) is 0 Å². The number of fused-ring (bicyclic) bond motifs is 13. The zero-order valence-electron chi connectivity index (χ0n) is 50.8. The summed E-state index contributed by atoms with van der Waals surface area (Å²) >= 11 is 1.89. The Kier molecular flexibility index (Phi) is 18.9. The number of halogens is 12. The molecule has 0 N–H and O–H groups in total. The monoisotopic (exact) mass is 1450 g/mol. The summed E-state index contributed by atoms with van der Waals surface area (Å²) in [6, 6.07) is 57.1. The topological polar surface area (TPSA) is 184 Å². The second kappa shape index (κ2) is 26.0. The van der Waals surface area contributed by atoms with E-state index in [4.69, 9.17) is 0 Å². The first kappa shape index (κ1) is 70.6. The molecule has 16 rings (SSSR count). The fraction of sp³-hybridized carbons (Fsp3) is 0.406. The molecule has 0 radical (unpaired) electrons. The quantitative estimate of drug-likeness (QED) is 0.0316. The van der Waals surface area contributed by atoms with Crippen LogP contribution < -0.4 is 0 Å². The minimum absolute atomic E-state index is 0.00992. The van der Waals surface area contributed by atoms with E-state index in [-0.39, 0.29) is 82.8 Å². The van der Waals surface area contributed by atoms with Crippen molar-refractivity contribution >= 4 is 71.5 Å². The van der Waals surface area contributed by atoms with E-state index in [0.717, 1.165) is 12.8 Å². The first-order chi connectivity index (χ1) is 45.5. The molecule has 0 aromatic heterocycles. The smallest absolute Gasteiger partial charge is 0.438 e. The van der Waals surface area contributed by atoms with Crippen LogP contribution in [-0.2, 0) is 72.3 Å². The molecule has 97 heavy (non-hydrogen) atoms. The summed E-state index contributed by atoms with van der Waals surface area (Å²) < 4.78 is 233. The molecule has 9 atom stereocenters. The van der Waals surface area contributed by atoms with E-state index in [0.29, 0.717) is 25.2 Å². The van der Waals surface area contributed by atoms with Crippen molar-refractivity contribution in [3.63, 3.8) is 0 Å². The summed E-state index contributed by atoms with van der Waals surface area (Å²) in [5, 5.41) is 0. The van der Waals surface area contributed by atoms with E-state index in [9.17, 15) is 93.0 Å². The molecule has 8 bridgehead atoms. The van der Waals surface area contributed by atoms with E-state index in [1.165, 1.54) is 50.3 Å². The van der Waals surface area contributed by atoms with Crippen LogP contribution in [0.1, 0.15) is 62.5 Å². The lowest BCUT2D eigenvalue weighted by Crippen LogP contribution is -2.65. The number of rotatable bonds is 10. The fourth-order valence-corrected chi connectivity index (χ4v) is 24.5. The summed E-state index contributed by atoms with van der Waals surface area (Å²) in [7, 11) is -12.0. The molecule has 7 fully saturated rings. The Morgan fingerprint density at radius 3 is 1.35 bits per heavy atom. The maximum absolute atomic E-state index is 13.4. The van der Waals surface area contributed by atoms with Gasteiger partial charge in [0.05, 0.1) is 63.8 Å².